The largest absolute Gasteiger partial charge is 0.469 e. The van der Waals surface area contributed by atoms with E-state index in [1.807, 2.05) is 12.1 Å². The number of aromatic nitrogens is 1. The number of benzene rings is 1. The molecule has 0 aliphatic rings. The first-order valence-corrected chi connectivity index (χ1v) is 11.4. The number of carbonyl (C=O) groups excluding carboxylic acids is 1. The number of esters is 1. The lowest BCUT2D eigenvalue weighted by Crippen LogP contribution is -2.25. The molecule has 0 radical (unpaired) electrons. The monoisotopic (exact) mass is 464 g/mol. The SMILES string of the molecule is CCN(CCCC[C@@H](C[C@@H](OC)c1ccc(F)c(C)c1)C(=O)OC)Cc1ccc(Cl)cn1. The lowest BCUT2D eigenvalue weighted by atomic mass is 9.91. The van der Waals surface area contributed by atoms with Gasteiger partial charge in [0.25, 0.3) is 0 Å². The predicted octanol–water partition coefficient (Wildman–Crippen LogP) is 5.74. The molecule has 1 aromatic heterocycles. The number of hydrogen-bond donors (Lipinski definition) is 0. The van der Waals surface area contributed by atoms with E-state index in [1.165, 1.54) is 13.2 Å². The Hall–Kier alpha value is -2.02. The molecule has 0 spiro atoms. The summed E-state index contributed by atoms with van der Waals surface area (Å²) in [5.74, 6) is -0.755. The van der Waals surface area contributed by atoms with Gasteiger partial charge in [-0.2, -0.15) is 0 Å². The number of ether oxygens (including phenoxy) is 2. The van der Waals surface area contributed by atoms with E-state index in [0.717, 1.165) is 43.7 Å². The maximum atomic E-state index is 13.6. The van der Waals surface area contributed by atoms with Crippen LogP contribution < -0.4 is 0 Å². The van der Waals surface area contributed by atoms with Crippen LogP contribution in [0, 0.1) is 18.7 Å². The maximum Gasteiger partial charge on any atom is 0.308 e. The van der Waals surface area contributed by atoms with Crippen LogP contribution in [0.3, 0.4) is 0 Å². The third-order valence-corrected chi connectivity index (χ3v) is 5.99. The molecule has 0 saturated heterocycles. The zero-order valence-electron chi connectivity index (χ0n) is 19.4. The number of carbonyl (C=O) groups is 1. The lowest BCUT2D eigenvalue weighted by molar-refractivity contribution is -0.147. The number of aryl methyl sites for hydroxylation is 1. The molecule has 5 nitrogen and oxygen atoms in total. The van der Waals surface area contributed by atoms with E-state index in [2.05, 4.69) is 16.8 Å². The standard InChI is InChI=1S/C25H34ClFN2O3/c1-5-29(17-22-11-10-21(26)16-28-22)13-7-6-8-20(25(30)32-4)15-24(31-3)19-9-12-23(27)18(2)14-19/h9-12,14,16,20,24H,5-8,13,15,17H2,1-4H3/t20-,24+/m0/s1. The summed E-state index contributed by atoms with van der Waals surface area (Å²) in [5, 5.41) is 0.635. The van der Waals surface area contributed by atoms with Crippen molar-refractivity contribution >= 4 is 17.6 Å². The molecule has 0 bridgehead atoms. The van der Waals surface area contributed by atoms with Crippen LogP contribution in [0.1, 0.15) is 55.5 Å². The highest BCUT2D eigenvalue weighted by Gasteiger charge is 2.25. The molecule has 0 fully saturated rings. The van der Waals surface area contributed by atoms with Gasteiger partial charge < -0.3 is 9.47 Å². The van der Waals surface area contributed by atoms with E-state index in [1.54, 1.807) is 32.4 Å². The Bertz CT molecular complexity index is 848. The van der Waals surface area contributed by atoms with Crippen molar-refractivity contribution < 1.29 is 18.7 Å². The highest BCUT2D eigenvalue weighted by Crippen LogP contribution is 2.29. The van der Waals surface area contributed by atoms with E-state index in [4.69, 9.17) is 21.1 Å². The van der Waals surface area contributed by atoms with Crippen LogP contribution in [0.5, 0.6) is 0 Å². The Morgan fingerprint density at radius 2 is 2.00 bits per heavy atom. The zero-order chi connectivity index (χ0) is 23.5. The van der Waals surface area contributed by atoms with Gasteiger partial charge in [-0.3, -0.25) is 14.7 Å². The summed E-state index contributed by atoms with van der Waals surface area (Å²) in [6.07, 6.45) is 4.44. The summed E-state index contributed by atoms with van der Waals surface area (Å²) >= 11 is 5.91. The minimum absolute atomic E-state index is 0.233. The van der Waals surface area contributed by atoms with Gasteiger partial charge in [0, 0.05) is 19.9 Å². The van der Waals surface area contributed by atoms with E-state index >= 15 is 0 Å². The Balaban J connectivity index is 1.90. The first-order valence-electron chi connectivity index (χ1n) is 11.1. The summed E-state index contributed by atoms with van der Waals surface area (Å²) in [4.78, 5) is 19.1. The molecule has 0 amide bonds. The lowest BCUT2D eigenvalue weighted by Gasteiger charge is -2.23. The Morgan fingerprint density at radius 1 is 1.22 bits per heavy atom. The average molecular weight is 465 g/mol. The van der Waals surface area contributed by atoms with Gasteiger partial charge in [-0.15, -0.1) is 0 Å². The van der Waals surface area contributed by atoms with E-state index in [-0.39, 0.29) is 23.8 Å². The molecule has 0 saturated carbocycles. The Labute approximate surface area is 195 Å². The summed E-state index contributed by atoms with van der Waals surface area (Å²) in [5.41, 5.74) is 2.42. The first kappa shape index (κ1) is 26.2. The second kappa shape index (κ2) is 13.5. The van der Waals surface area contributed by atoms with Crippen molar-refractivity contribution in [1.29, 1.82) is 0 Å². The number of methoxy groups -OCH3 is 2. The fourth-order valence-corrected chi connectivity index (χ4v) is 3.91. The van der Waals surface area contributed by atoms with Crippen molar-refractivity contribution in [3.8, 4) is 0 Å². The van der Waals surface area contributed by atoms with Crippen molar-refractivity contribution in [1.82, 2.24) is 9.88 Å². The first-order chi connectivity index (χ1) is 15.4. The number of hydrogen-bond acceptors (Lipinski definition) is 5. The highest BCUT2D eigenvalue weighted by atomic mass is 35.5. The second-order valence-electron chi connectivity index (χ2n) is 8.02. The molecular weight excluding hydrogens is 431 g/mol. The van der Waals surface area contributed by atoms with Gasteiger partial charge in [0.15, 0.2) is 0 Å². The molecule has 0 aliphatic heterocycles. The second-order valence-corrected chi connectivity index (χ2v) is 8.46. The van der Waals surface area contributed by atoms with Gasteiger partial charge in [-0.05, 0) is 68.6 Å². The van der Waals surface area contributed by atoms with Crippen LogP contribution in [0.15, 0.2) is 36.5 Å². The summed E-state index contributed by atoms with van der Waals surface area (Å²) < 4.78 is 24.3. The predicted molar refractivity (Wildman–Crippen MR) is 125 cm³/mol. The molecule has 1 aromatic carbocycles. The number of halogens is 2. The van der Waals surface area contributed by atoms with Gasteiger partial charge >= 0.3 is 5.97 Å². The van der Waals surface area contributed by atoms with Gasteiger partial charge in [0.2, 0.25) is 0 Å². The van der Waals surface area contributed by atoms with Gasteiger partial charge in [-0.1, -0.05) is 37.1 Å². The van der Waals surface area contributed by atoms with E-state index < -0.39 is 0 Å². The van der Waals surface area contributed by atoms with Gasteiger partial charge in [0.05, 0.1) is 29.8 Å². The van der Waals surface area contributed by atoms with Gasteiger partial charge in [-0.25, -0.2) is 4.39 Å². The van der Waals surface area contributed by atoms with Crippen molar-refractivity contribution in [2.24, 2.45) is 5.92 Å². The minimum Gasteiger partial charge on any atom is -0.469 e. The van der Waals surface area contributed by atoms with Crippen LogP contribution in [0.25, 0.3) is 0 Å². The smallest absolute Gasteiger partial charge is 0.308 e. The van der Waals surface area contributed by atoms with Crippen molar-refractivity contribution in [2.75, 3.05) is 27.3 Å². The fourth-order valence-electron chi connectivity index (χ4n) is 3.80. The molecule has 0 unspecified atom stereocenters. The zero-order valence-corrected chi connectivity index (χ0v) is 20.2. The number of unbranched alkanes of at least 4 members (excludes halogenated alkanes) is 1. The molecule has 32 heavy (non-hydrogen) atoms. The molecule has 176 valence electrons. The van der Waals surface area contributed by atoms with E-state index in [0.29, 0.717) is 23.4 Å². The summed E-state index contributed by atoms with van der Waals surface area (Å²) in [6.45, 7) is 6.45. The van der Waals surface area contributed by atoms with Crippen LogP contribution >= 0.6 is 11.6 Å². The van der Waals surface area contributed by atoms with Crippen LogP contribution in [-0.4, -0.2) is 43.2 Å². The van der Waals surface area contributed by atoms with Gasteiger partial charge in [0.1, 0.15) is 5.82 Å². The molecule has 2 atom stereocenters. The Kier molecular flexibility index (Phi) is 11.1. The fraction of sp³-hybridized carbons (Fsp3) is 0.520. The van der Waals surface area contributed by atoms with Crippen molar-refractivity contribution in [3.63, 3.8) is 0 Å². The third kappa shape index (κ3) is 8.15. The Morgan fingerprint density at radius 3 is 2.59 bits per heavy atom. The van der Waals surface area contributed by atoms with Crippen molar-refractivity contribution in [3.05, 3.63) is 64.2 Å². The number of pyridine rings is 1. The maximum absolute atomic E-state index is 13.6. The average Bonchev–Trinajstić information content (AvgIpc) is 2.80. The molecule has 1 heterocycles. The van der Waals surface area contributed by atoms with Crippen LogP contribution in [0.4, 0.5) is 4.39 Å². The number of rotatable bonds is 13. The van der Waals surface area contributed by atoms with Crippen LogP contribution in [-0.2, 0) is 20.8 Å². The summed E-state index contributed by atoms with van der Waals surface area (Å²) in [7, 11) is 3.03. The molecule has 7 heteroatoms. The molecule has 2 rings (SSSR count). The molecule has 2 aromatic rings. The minimum atomic E-state index is -0.290. The van der Waals surface area contributed by atoms with Crippen molar-refractivity contribution in [2.45, 2.75) is 52.2 Å². The van der Waals surface area contributed by atoms with E-state index in [9.17, 15) is 9.18 Å². The third-order valence-electron chi connectivity index (χ3n) is 5.77. The normalized spacial score (nSPS) is 13.2. The molecular formula is C25H34ClFN2O3. The molecule has 0 N–H and O–H groups in total. The highest BCUT2D eigenvalue weighted by molar-refractivity contribution is 6.30. The number of nitrogens with zero attached hydrogens (tertiary/aromatic N) is 2. The summed E-state index contributed by atoms with van der Waals surface area (Å²) in [6, 6.07) is 8.74. The topological polar surface area (TPSA) is 51.7 Å². The van der Waals surface area contributed by atoms with Crippen LogP contribution in [0.2, 0.25) is 5.02 Å². The quantitative estimate of drug-likeness (QED) is 0.279. The molecule has 0 aliphatic carbocycles.